The minimum absolute atomic E-state index is 0.152. The Labute approximate surface area is 164 Å². The van der Waals surface area contributed by atoms with Crippen LogP contribution in [0.15, 0.2) is 59.6 Å². The van der Waals surface area contributed by atoms with Gasteiger partial charge in [0, 0.05) is 17.2 Å². The van der Waals surface area contributed by atoms with Crippen molar-refractivity contribution in [3.8, 4) is 0 Å². The lowest BCUT2D eigenvalue weighted by Gasteiger charge is -2.25. The molecule has 0 spiro atoms. The van der Waals surface area contributed by atoms with E-state index in [0.29, 0.717) is 0 Å². The fraction of sp³-hybridized carbons (Fsp3) is 0.227. The lowest BCUT2D eigenvalue weighted by molar-refractivity contribution is -0.113. The van der Waals surface area contributed by atoms with Crippen molar-refractivity contribution in [3.63, 3.8) is 0 Å². The first-order valence-electron chi connectivity index (χ1n) is 8.78. The molecule has 26 heavy (non-hydrogen) atoms. The number of hydrogen-bond donors (Lipinski definition) is 1. The predicted octanol–water partition coefficient (Wildman–Crippen LogP) is 6.33. The molecule has 3 nitrogen and oxygen atoms in total. The van der Waals surface area contributed by atoms with Crippen LogP contribution in [0.1, 0.15) is 31.4 Å². The van der Waals surface area contributed by atoms with E-state index in [4.69, 9.17) is 0 Å². The van der Waals surface area contributed by atoms with Gasteiger partial charge in [-0.25, -0.2) is 0 Å². The van der Waals surface area contributed by atoms with Gasteiger partial charge in [-0.05, 0) is 60.4 Å². The van der Waals surface area contributed by atoms with Crippen LogP contribution in [0.4, 0.5) is 17.1 Å². The highest BCUT2D eigenvalue weighted by molar-refractivity contribution is 9.10. The molecular formula is C22H25BrN2O. The normalized spacial score (nSPS) is 10.8. The molecule has 0 fully saturated rings. The minimum atomic E-state index is -0.152. The van der Waals surface area contributed by atoms with Crippen molar-refractivity contribution in [3.05, 3.63) is 70.7 Å². The molecule has 2 rings (SSSR count). The van der Waals surface area contributed by atoms with E-state index >= 15 is 0 Å². The molecule has 0 heterocycles. The Bertz CT molecular complexity index is 827. The summed E-state index contributed by atoms with van der Waals surface area (Å²) < 4.78 is 1.00. The van der Waals surface area contributed by atoms with Gasteiger partial charge in [-0.15, -0.1) is 0 Å². The maximum absolute atomic E-state index is 12.7. The summed E-state index contributed by atoms with van der Waals surface area (Å²) in [5.74, 6) is -0.152. The Kier molecular flexibility index (Phi) is 7.22. The Morgan fingerprint density at radius 3 is 2.62 bits per heavy atom. The standard InChI is InChI=1S/C22H25BrN2O/c1-5-8-9-17-10-12-19(15-20(17)24-4)25(22(26)7-3)21-13-11-18(23)14-16(21)6-2/h7-15,24H,3,5-6H2,1-2,4H3/b9-8+. The number of anilines is 3. The van der Waals surface area contributed by atoms with Crippen LogP contribution in [-0.2, 0) is 11.2 Å². The zero-order valence-electron chi connectivity index (χ0n) is 15.6. The monoisotopic (exact) mass is 412 g/mol. The number of aryl methyl sites for hydroxylation is 1. The maximum atomic E-state index is 12.7. The average Bonchev–Trinajstić information content (AvgIpc) is 2.67. The molecule has 0 unspecified atom stereocenters. The largest absolute Gasteiger partial charge is 0.388 e. The first-order valence-corrected chi connectivity index (χ1v) is 9.58. The van der Waals surface area contributed by atoms with Crippen LogP contribution in [0.25, 0.3) is 6.08 Å². The predicted molar refractivity (Wildman–Crippen MR) is 116 cm³/mol. The van der Waals surface area contributed by atoms with E-state index in [1.807, 2.05) is 37.4 Å². The lowest BCUT2D eigenvalue weighted by atomic mass is 10.1. The highest BCUT2D eigenvalue weighted by Gasteiger charge is 2.19. The summed E-state index contributed by atoms with van der Waals surface area (Å²) in [6.07, 6.45) is 7.36. The minimum Gasteiger partial charge on any atom is -0.388 e. The van der Waals surface area contributed by atoms with Crippen LogP contribution >= 0.6 is 15.9 Å². The molecule has 0 aliphatic rings. The van der Waals surface area contributed by atoms with Crippen molar-refractivity contribution in [2.45, 2.75) is 26.7 Å². The second-order valence-corrected chi connectivity index (χ2v) is 6.75. The smallest absolute Gasteiger partial charge is 0.254 e. The highest BCUT2D eigenvalue weighted by Crippen LogP contribution is 2.34. The maximum Gasteiger partial charge on any atom is 0.254 e. The molecule has 0 bridgehead atoms. The van der Waals surface area contributed by atoms with Crippen molar-refractivity contribution in [1.29, 1.82) is 0 Å². The van der Waals surface area contributed by atoms with E-state index in [1.54, 1.807) is 4.90 Å². The van der Waals surface area contributed by atoms with Crippen LogP contribution in [0.5, 0.6) is 0 Å². The molecule has 2 aromatic rings. The van der Waals surface area contributed by atoms with Gasteiger partial charge in [0.25, 0.3) is 5.91 Å². The van der Waals surface area contributed by atoms with Crippen molar-refractivity contribution >= 4 is 45.0 Å². The highest BCUT2D eigenvalue weighted by atomic mass is 79.9. The second kappa shape index (κ2) is 9.39. The molecule has 0 saturated carbocycles. The number of rotatable bonds is 7. The quantitative estimate of drug-likeness (QED) is 0.538. The Balaban J connectivity index is 2.60. The van der Waals surface area contributed by atoms with Crippen molar-refractivity contribution in [2.24, 2.45) is 0 Å². The molecule has 0 radical (unpaired) electrons. The number of benzene rings is 2. The third-order valence-corrected chi connectivity index (χ3v) is 4.65. The summed E-state index contributed by atoms with van der Waals surface area (Å²) in [6.45, 7) is 7.87. The molecular weight excluding hydrogens is 388 g/mol. The molecule has 136 valence electrons. The molecule has 0 saturated heterocycles. The van der Waals surface area contributed by atoms with Crippen molar-refractivity contribution in [2.75, 3.05) is 17.3 Å². The van der Waals surface area contributed by atoms with E-state index in [9.17, 15) is 4.79 Å². The van der Waals surface area contributed by atoms with E-state index in [1.165, 1.54) is 6.08 Å². The summed E-state index contributed by atoms with van der Waals surface area (Å²) in [4.78, 5) is 14.4. The molecule has 0 aliphatic heterocycles. The van der Waals surface area contributed by atoms with E-state index in [-0.39, 0.29) is 5.91 Å². The zero-order valence-corrected chi connectivity index (χ0v) is 17.1. The summed E-state index contributed by atoms with van der Waals surface area (Å²) >= 11 is 3.51. The number of amides is 1. The number of nitrogens with one attached hydrogen (secondary N) is 1. The van der Waals surface area contributed by atoms with Gasteiger partial charge < -0.3 is 5.32 Å². The molecule has 1 N–H and O–H groups in total. The Morgan fingerprint density at radius 1 is 1.23 bits per heavy atom. The molecule has 0 atom stereocenters. The summed E-state index contributed by atoms with van der Waals surface area (Å²) in [5.41, 5.74) is 4.85. The third kappa shape index (κ3) is 4.44. The fourth-order valence-electron chi connectivity index (χ4n) is 2.82. The van der Waals surface area contributed by atoms with Gasteiger partial charge in [0.2, 0.25) is 0 Å². The van der Waals surface area contributed by atoms with Gasteiger partial charge in [0.05, 0.1) is 11.4 Å². The van der Waals surface area contributed by atoms with Crippen LogP contribution in [-0.4, -0.2) is 13.0 Å². The van der Waals surface area contributed by atoms with Crippen LogP contribution in [0, 0.1) is 0 Å². The number of nitrogens with zero attached hydrogens (tertiary/aromatic N) is 1. The first kappa shape index (κ1) is 20.0. The molecule has 0 aliphatic carbocycles. The number of hydrogen-bond acceptors (Lipinski definition) is 2. The summed E-state index contributed by atoms with van der Waals surface area (Å²) in [7, 11) is 1.89. The molecule has 0 aromatic heterocycles. The van der Waals surface area contributed by atoms with Crippen LogP contribution < -0.4 is 10.2 Å². The molecule has 2 aromatic carbocycles. The Morgan fingerprint density at radius 2 is 2.00 bits per heavy atom. The lowest BCUT2D eigenvalue weighted by Crippen LogP contribution is -2.25. The van der Waals surface area contributed by atoms with Gasteiger partial charge in [-0.3, -0.25) is 9.69 Å². The second-order valence-electron chi connectivity index (χ2n) is 5.84. The van der Waals surface area contributed by atoms with Gasteiger partial charge in [0.1, 0.15) is 0 Å². The van der Waals surface area contributed by atoms with Gasteiger partial charge in [-0.2, -0.15) is 0 Å². The number of allylic oxidation sites excluding steroid dienone is 1. The SMILES string of the molecule is C=CC(=O)N(c1ccc(/C=C/CC)c(NC)c1)c1ccc(Br)cc1CC. The van der Waals surface area contributed by atoms with E-state index in [0.717, 1.165) is 45.5 Å². The van der Waals surface area contributed by atoms with Crippen molar-refractivity contribution in [1.82, 2.24) is 0 Å². The van der Waals surface area contributed by atoms with E-state index in [2.05, 4.69) is 59.9 Å². The van der Waals surface area contributed by atoms with Gasteiger partial charge >= 0.3 is 0 Å². The van der Waals surface area contributed by atoms with Crippen LogP contribution in [0.3, 0.4) is 0 Å². The molecule has 1 amide bonds. The van der Waals surface area contributed by atoms with E-state index < -0.39 is 0 Å². The van der Waals surface area contributed by atoms with Gasteiger partial charge in [0.15, 0.2) is 0 Å². The zero-order chi connectivity index (χ0) is 19.1. The third-order valence-electron chi connectivity index (χ3n) is 4.16. The number of carbonyl (C=O) groups is 1. The number of halogens is 1. The summed E-state index contributed by atoms with van der Waals surface area (Å²) in [5, 5.41) is 3.22. The first-order chi connectivity index (χ1) is 12.5. The van der Waals surface area contributed by atoms with Gasteiger partial charge in [-0.1, -0.05) is 54.6 Å². The van der Waals surface area contributed by atoms with Crippen molar-refractivity contribution < 1.29 is 4.79 Å². The average molecular weight is 413 g/mol. The summed E-state index contributed by atoms with van der Waals surface area (Å²) in [6, 6.07) is 12.0. The van der Waals surface area contributed by atoms with Crippen LogP contribution in [0.2, 0.25) is 0 Å². The molecule has 4 heteroatoms. The topological polar surface area (TPSA) is 32.3 Å². The Hall–Kier alpha value is -2.33. The fourth-order valence-corrected chi connectivity index (χ4v) is 3.23. The number of carbonyl (C=O) groups excluding carboxylic acids is 1.